The van der Waals surface area contributed by atoms with E-state index < -0.39 is 7.82 Å². The second kappa shape index (κ2) is 32.9. The lowest BCUT2D eigenvalue weighted by Crippen LogP contribution is -2.32. The number of phosphoric acid groups is 1. The molecule has 3 rings (SSSR count). The average molecular weight is 790 g/mol. The number of ether oxygens (including phenoxy) is 2. The van der Waals surface area contributed by atoms with Gasteiger partial charge in [0.1, 0.15) is 24.3 Å². The number of hydrogen-bond donors (Lipinski definition) is 4. The molecule has 0 radical (unpaired) electrons. The fourth-order valence-electron chi connectivity index (χ4n) is 5.90. The Kier molecular flexibility index (Phi) is 29.7. The number of nitrogens with two attached hydrogens (primary N) is 1. The molecule has 0 aromatic carbocycles. The molecule has 0 amide bonds. The molecule has 2 aromatic heterocycles. The van der Waals surface area contributed by atoms with E-state index in [1.54, 1.807) is 19.2 Å². The molecule has 15 heteroatoms. The van der Waals surface area contributed by atoms with Gasteiger partial charge in [0.2, 0.25) is 0 Å². The number of nitrogens with zero attached hydrogens (tertiary/aromatic N) is 5. The van der Waals surface area contributed by atoms with Gasteiger partial charge in [-0.05, 0) is 49.9 Å². The van der Waals surface area contributed by atoms with Crippen LogP contribution in [0.1, 0.15) is 145 Å². The number of aliphatic hydroxyl groups excluding tert-OH is 1. The summed E-state index contributed by atoms with van der Waals surface area (Å²) in [5, 5.41) is 23.4. The molecule has 5 N–H and O–H groups in total. The first-order valence-corrected chi connectivity index (χ1v) is 21.5. The molecule has 310 valence electrons. The van der Waals surface area contributed by atoms with E-state index in [1.807, 2.05) is 22.9 Å². The van der Waals surface area contributed by atoms with E-state index in [1.165, 1.54) is 103 Å². The third-order valence-corrected chi connectivity index (χ3v) is 10.1. The molecule has 14 nitrogen and oxygen atoms in total. The van der Waals surface area contributed by atoms with Crippen molar-refractivity contribution in [2.24, 2.45) is 10.7 Å². The van der Waals surface area contributed by atoms with Gasteiger partial charge in [0.05, 0.1) is 37.2 Å². The molecule has 2 atom stereocenters. The van der Waals surface area contributed by atoms with Crippen LogP contribution in [0.4, 0.5) is 0 Å². The minimum atomic E-state index is -4.15. The number of aliphatic imine (C=N–C) groups is 1. The van der Waals surface area contributed by atoms with E-state index >= 15 is 0 Å². The van der Waals surface area contributed by atoms with Crippen molar-refractivity contribution < 1.29 is 33.1 Å². The monoisotopic (exact) mass is 789 g/mol. The summed E-state index contributed by atoms with van der Waals surface area (Å²) in [4.78, 5) is 18.0. The number of aromatic nitrogens is 2. The minimum Gasteiger partial charge on any atom is -0.390 e. The minimum absolute atomic E-state index is 0.0371. The first-order valence-electron chi connectivity index (χ1n) is 20.0. The largest absolute Gasteiger partial charge is 0.472 e. The predicted octanol–water partition coefficient (Wildman–Crippen LogP) is 8.04. The third-order valence-electron chi connectivity index (χ3n) is 9.13. The van der Waals surface area contributed by atoms with Gasteiger partial charge in [0.25, 0.3) is 0 Å². The van der Waals surface area contributed by atoms with Gasteiger partial charge in [-0.3, -0.25) is 18.7 Å². The predicted molar refractivity (Wildman–Crippen MR) is 217 cm³/mol. The maximum Gasteiger partial charge on any atom is 0.472 e. The van der Waals surface area contributed by atoms with Crippen molar-refractivity contribution in [3.8, 4) is 12.6 Å². The molecule has 0 fully saturated rings. The van der Waals surface area contributed by atoms with Crippen molar-refractivity contribution in [3.05, 3.63) is 53.1 Å². The van der Waals surface area contributed by atoms with Crippen LogP contribution in [0.25, 0.3) is 0 Å². The SMILES string of the molecule is C#N.CCCCCCCCCCCCCCCCCCOCCCOP(=O)(O)OCC(CCc1ccc2n1NCN=C2N)OC.N#Cc1ccc(CO)nc1. The van der Waals surface area contributed by atoms with Crippen molar-refractivity contribution in [1.29, 1.82) is 10.5 Å². The molecule has 2 unspecified atom stereocenters. The van der Waals surface area contributed by atoms with Crippen LogP contribution < -0.4 is 11.2 Å². The van der Waals surface area contributed by atoms with E-state index in [9.17, 15) is 9.46 Å². The average Bonchev–Trinajstić information content (AvgIpc) is 3.63. The Balaban J connectivity index is 0.00000107. The van der Waals surface area contributed by atoms with Gasteiger partial charge in [0, 0.05) is 38.8 Å². The van der Waals surface area contributed by atoms with Crippen molar-refractivity contribution >= 4 is 13.7 Å². The molecule has 0 saturated carbocycles. The maximum absolute atomic E-state index is 12.3. The number of aryl methyl sites for hydroxylation is 1. The van der Waals surface area contributed by atoms with Crippen molar-refractivity contribution in [2.75, 3.05) is 45.6 Å². The van der Waals surface area contributed by atoms with Gasteiger partial charge in [-0.25, -0.2) is 14.8 Å². The summed E-state index contributed by atoms with van der Waals surface area (Å²) in [5.41, 5.74) is 12.0. The Morgan fingerprint density at radius 1 is 0.909 bits per heavy atom. The molecule has 0 saturated heterocycles. The first kappa shape index (κ1) is 49.7. The quantitative estimate of drug-likeness (QED) is 0.0438. The van der Waals surface area contributed by atoms with Crippen molar-refractivity contribution in [1.82, 2.24) is 9.66 Å². The van der Waals surface area contributed by atoms with Gasteiger partial charge >= 0.3 is 7.82 Å². The Labute approximate surface area is 330 Å². The molecule has 3 heterocycles. The summed E-state index contributed by atoms with van der Waals surface area (Å²) in [6, 6.07) is 9.08. The molecule has 1 aliphatic rings. The Morgan fingerprint density at radius 2 is 1.51 bits per heavy atom. The first-order chi connectivity index (χ1) is 26.8. The topological polar surface area (TPSA) is 210 Å². The molecule has 0 bridgehead atoms. The van der Waals surface area contributed by atoms with Crippen LogP contribution in [0.15, 0.2) is 35.5 Å². The Hall–Kier alpha value is -3.33. The number of aliphatic hydroxyl groups is 1. The number of amidine groups is 1. The van der Waals surface area contributed by atoms with Crippen LogP contribution in [0.5, 0.6) is 0 Å². The summed E-state index contributed by atoms with van der Waals surface area (Å²) in [6.45, 7) is 7.42. The van der Waals surface area contributed by atoms with E-state index in [0.29, 0.717) is 49.6 Å². The summed E-state index contributed by atoms with van der Waals surface area (Å²) in [6.07, 6.45) is 24.5. The highest BCUT2D eigenvalue weighted by Gasteiger charge is 2.24. The number of unbranched alkanes of at least 4 members (excludes halogenated alkanes) is 15. The summed E-state index contributed by atoms with van der Waals surface area (Å²) < 4.78 is 35.6. The zero-order valence-electron chi connectivity index (χ0n) is 33.4. The number of methoxy groups -OCH3 is 1. The molecular weight excluding hydrogens is 721 g/mol. The van der Waals surface area contributed by atoms with Gasteiger partial charge < -0.3 is 30.6 Å². The van der Waals surface area contributed by atoms with Crippen LogP contribution in [-0.2, 0) is 36.1 Å². The molecular formula is C40H68N7O7P. The maximum atomic E-state index is 12.3. The summed E-state index contributed by atoms with van der Waals surface area (Å²) >= 11 is 0. The lowest BCUT2D eigenvalue weighted by Gasteiger charge is -2.20. The van der Waals surface area contributed by atoms with Crippen LogP contribution in [0.3, 0.4) is 0 Å². The fraction of sp³-hybridized carbons (Fsp3) is 0.700. The van der Waals surface area contributed by atoms with E-state index in [4.69, 9.17) is 39.9 Å². The molecule has 55 heavy (non-hydrogen) atoms. The second-order valence-electron chi connectivity index (χ2n) is 13.5. The summed E-state index contributed by atoms with van der Waals surface area (Å²) in [7, 11) is -2.59. The molecule has 2 aromatic rings. The highest BCUT2D eigenvalue weighted by atomic mass is 31.2. The van der Waals surface area contributed by atoms with Crippen LogP contribution >= 0.6 is 7.82 Å². The number of hydrogen-bond acceptors (Lipinski definition) is 12. The Morgan fingerprint density at radius 3 is 2.05 bits per heavy atom. The van der Waals surface area contributed by atoms with Crippen LogP contribution in [-0.4, -0.2) is 71.8 Å². The van der Waals surface area contributed by atoms with Crippen LogP contribution in [0, 0.1) is 23.2 Å². The summed E-state index contributed by atoms with van der Waals surface area (Å²) in [5.74, 6) is 0.501. The Bertz CT molecular complexity index is 1380. The van der Waals surface area contributed by atoms with E-state index in [0.717, 1.165) is 24.4 Å². The highest BCUT2D eigenvalue weighted by Crippen LogP contribution is 2.43. The normalized spacial score (nSPS) is 13.4. The number of fused-ring (bicyclic) bond motifs is 1. The zero-order valence-corrected chi connectivity index (χ0v) is 34.3. The number of phosphoric ester groups is 1. The van der Waals surface area contributed by atoms with Crippen molar-refractivity contribution in [2.45, 2.75) is 142 Å². The molecule has 1 aliphatic heterocycles. The third kappa shape index (κ3) is 24.0. The fourth-order valence-corrected chi connectivity index (χ4v) is 6.69. The van der Waals surface area contributed by atoms with Gasteiger partial charge in [0.15, 0.2) is 0 Å². The smallest absolute Gasteiger partial charge is 0.390 e. The van der Waals surface area contributed by atoms with Gasteiger partial charge in [-0.1, -0.05) is 103 Å². The number of rotatable bonds is 30. The zero-order chi connectivity index (χ0) is 40.4. The highest BCUT2D eigenvalue weighted by molar-refractivity contribution is 7.47. The van der Waals surface area contributed by atoms with Crippen molar-refractivity contribution in [3.63, 3.8) is 0 Å². The second-order valence-corrected chi connectivity index (χ2v) is 14.9. The van der Waals surface area contributed by atoms with Gasteiger partial charge in [-0.2, -0.15) is 5.26 Å². The lowest BCUT2D eigenvalue weighted by atomic mass is 10.0. The molecule has 0 spiro atoms. The van der Waals surface area contributed by atoms with Crippen LogP contribution in [0.2, 0.25) is 0 Å². The number of nitriles is 2. The van der Waals surface area contributed by atoms with E-state index in [2.05, 4.69) is 28.9 Å². The number of pyridine rings is 1. The van der Waals surface area contributed by atoms with Gasteiger partial charge in [-0.15, -0.1) is 0 Å². The lowest BCUT2D eigenvalue weighted by molar-refractivity contribution is 0.0329. The standard InChI is InChI=1S/C32H61N4O6P.C7H6N2O.CHN/c1-3-4-5-6-7-8-9-10-11-12-13-14-15-16-17-18-24-40-25-19-26-41-43(37,38)42-27-30(39-2)22-20-29-21-23-31-32(33)34-28-35-36(29)31;8-3-6-1-2-7(5-10)9-4-6;1-2/h21,23,30,35H,3-20,22,24-28H2,1-2H3,(H2,33,34)(H,37,38);1-2,4,10H,5H2;1H. The molecule has 0 aliphatic carbocycles. The number of nitrogens with one attached hydrogen (secondary N) is 1. The van der Waals surface area contributed by atoms with E-state index in [-0.39, 0.29) is 25.9 Å².